The molecule has 0 bridgehead atoms. The van der Waals surface area contributed by atoms with E-state index < -0.39 is 6.04 Å². The van der Waals surface area contributed by atoms with E-state index in [2.05, 4.69) is 36.8 Å². The first-order valence-corrected chi connectivity index (χ1v) is 10.8. The quantitative estimate of drug-likeness (QED) is 0.536. The van der Waals surface area contributed by atoms with E-state index in [4.69, 9.17) is 0 Å². The first kappa shape index (κ1) is 21.1. The van der Waals surface area contributed by atoms with Crippen LogP contribution in [0.2, 0.25) is 0 Å². The average Bonchev–Trinajstić information content (AvgIpc) is 3.17. The van der Waals surface area contributed by atoms with Gasteiger partial charge in [-0.1, -0.05) is 83.6 Å². The van der Waals surface area contributed by atoms with Gasteiger partial charge in [0.25, 0.3) is 0 Å². The molecule has 0 radical (unpaired) electrons. The van der Waals surface area contributed by atoms with Crippen molar-refractivity contribution in [3.05, 3.63) is 64.6 Å². The summed E-state index contributed by atoms with van der Waals surface area (Å²) in [7, 11) is 0. The van der Waals surface area contributed by atoms with Crippen LogP contribution in [0.15, 0.2) is 59.1 Å². The molecule has 1 heterocycles. The number of carbonyl (C=O) groups excluding carboxylic acids is 2. The van der Waals surface area contributed by atoms with Crippen molar-refractivity contribution < 1.29 is 9.59 Å². The van der Waals surface area contributed by atoms with Crippen LogP contribution < -0.4 is 10.6 Å². The topological polar surface area (TPSA) is 84.0 Å². The number of hydrogen-bond acceptors (Lipinski definition) is 5. The number of rotatable bonds is 7. The predicted molar refractivity (Wildman–Crippen MR) is 119 cm³/mol. The zero-order valence-corrected chi connectivity index (χ0v) is 18.5. The van der Waals surface area contributed by atoms with Gasteiger partial charge in [-0.2, -0.15) is 0 Å². The number of carbonyl (C=O) groups is 2. The molecule has 1 aromatic heterocycles. The molecule has 0 aliphatic carbocycles. The number of nitrogens with one attached hydrogen (secondary N) is 2. The Morgan fingerprint density at radius 1 is 1.00 bits per heavy atom. The minimum absolute atomic E-state index is 0.172. The Kier molecular flexibility index (Phi) is 7.11. The fourth-order valence-electron chi connectivity index (χ4n) is 2.57. The molecule has 1 unspecified atom stereocenters. The van der Waals surface area contributed by atoms with Crippen LogP contribution in [-0.4, -0.2) is 28.1 Å². The Morgan fingerprint density at radius 2 is 1.69 bits per heavy atom. The van der Waals surface area contributed by atoms with Crippen LogP contribution in [0.4, 0.5) is 5.13 Å². The van der Waals surface area contributed by atoms with Gasteiger partial charge in [-0.3, -0.25) is 14.9 Å². The van der Waals surface area contributed by atoms with Gasteiger partial charge in [0.05, 0.1) is 0 Å². The van der Waals surface area contributed by atoms with Gasteiger partial charge in [-0.15, -0.1) is 10.2 Å². The van der Waals surface area contributed by atoms with E-state index in [9.17, 15) is 9.59 Å². The highest BCUT2D eigenvalue weighted by atomic mass is 79.9. The lowest BCUT2D eigenvalue weighted by Gasteiger charge is -2.19. The first-order chi connectivity index (χ1) is 13.9. The smallest absolute Gasteiger partial charge is 0.249 e. The molecule has 0 spiro atoms. The van der Waals surface area contributed by atoms with E-state index >= 15 is 0 Å². The zero-order chi connectivity index (χ0) is 20.8. The molecule has 2 aromatic carbocycles. The van der Waals surface area contributed by atoms with Crippen molar-refractivity contribution in [3.63, 3.8) is 0 Å². The van der Waals surface area contributed by atoms with Crippen molar-refractivity contribution in [1.82, 2.24) is 15.5 Å². The third-order valence-electron chi connectivity index (χ3n) is 4.19. The number of hydrogen-bond donors (Lipinski definition) is 2. The maximum atomic E-state index is 12.9. The SMILES string of the molecule is CC(C)C(=O)NC(Cc1ccccc1)C(=O)Nc1nnc(-c2ccc(Br)cc2)s1. The van der Waals surface area contributed by atoms with Gasteiger partial charge in [0.1, 0.15) is 11.0 Å². The molecule has 29 heavy (non-hydrogen) atoms. The Bertz CT molecular complexity index is 974. The van der Waals surface area contributed by atoms with E-state index in [1.807, 2.05) is 54.6 Å². The largest absolute Gasteiger partial charge is 0.344 e. The lowest BCUT2D eigenvalue weighted by Crippen LogP contribution is -2.46. The van der Waals surface area contributed by atoms with Gasteiger partial charge in [0.2, 0.25) is 16.9 Å². The molecule has 0 aliphatic heterocycles. The highest BCUT2D eigenvalue weighted by molar-refractivity contribution is 9.10. The Labute approximate surface area is 181 Å². The van der Waals surface area contributed by atoms with Crippen LogP contribution >= 0.6 is 27.3 Å². The van der Waals surface area contributed by atoms with Gasteiger partial charge in [-0.05, 0) is 17.7 Å². The number of amides is 2. The van der Waals surface area contributed by atoms with E-state index in [0.717, 1.165) is 15.6 Å². The molecule has 0 fully saturated rings. The molecule has 3 rings (SSSR count). The van der Waals surface area contributed by atoms with Crippen LogP contribution in [0.5, 0.6) is 0 Å². The standard InChI is InChI=1S/C21H21BrN4O2S/c1-13(2)18(27)23-17(12-14-6-4-3-5-7-14)19(28)24-21-26-25-20(29-21)15-8-10-16(22)11-9-15/h3-11,13,17H,12H2,1-2H3,(H,23,27)(H,24,26,28). The minimum Gasteiger partial charge on any atom is -0.344 e. The second-order valence-electron chi connectivity index (χ2n) is 6.81. The first-order valence-electron chi connectivity index (χ1n) is 9.17. The van der Waals surface area contributed by atoms with Crippen LogP contribution in [-0.2, 0) is 16.0 Å². The fourth-order valence-corrected chi connectivity index (χ4v) is 3.59. The molecule has 0 saturated carbocycles. The second-order valence-corrected chi connectivity index (χ2v) is 8.71. The number of aromatic nitrogens is 2. The summed E-state index contributed by atoms with van der Waals surface area (Å²) >= 11 is 4.69. The molecule has 150 valence electrons. The lowest BCUT2D eigenvalue weighted by atomic mass is 10.0. The zero-order valence-electron chi connectivity index (χ0n) is 16.1. The van der Waals surface area contributed by atoms with Crippen LogP contribution in [0.25, 0.3) is 10.6 Å². The summed E-state index contributed by atoms with van der Waals surface area (Å²) in [5.41, 5.74) is 1.88. The second kappa shape index (κ2) is 9.76. The summed E-state index contributed by atoms with van der Waals surface area (Å²) in [4.78, 5) is 25.1. The van der Waals surface area contributed by atoms with Crippen molar-refractivity contribution in [2.45, 2.75) is 26.3 Å². The van der Waals surface area contributed by atoms with E-state index in [1.54, 1.807) is 13.8 Å². The highest BCUT2D eigenvalue weighted by Gasteiger charge is 2.23. The molecule has 0 aliphatic rings. The Hall–Kier alpha value is -2.58. The van der Waals surface area contributed by atoms with Crippen LogP contribution in [0.1, 0.15) is 19.4 Å². The number of halogens is 1. The van der Waals surface area contributed by atoms with Crippen molar-refractivity contribution in [3.8, 4) is 10.6 Å². The molecule has 3 aromatic rings. The van der Waals surface area contributed by atoms with Crippen molar-refractivity contribution in [1.29, 1.82) is 0 Å². The molecular formula is C21H21BrN4O2S. The predicted octanol–water partition coefficient (Wildman–Crippen LogP) is 4.29. The monoisotopic (exact) mass is 472 g/mol. The number of benzene rings is 2. The van der Waals surface area contributed by atoms with E-state index in [-0.39, 0.29) is 17.7 Å². The maximum absolute atomic E-state index is 12.9. The molecule has 6 nitrogen and oxygen atoms in total. The Morgan fingerprint density at radius 3 is 2.34 bits per heavy atom. The normalized spacial score (nSPS) is 11.9. The van der Waals surface area contributed by atoms with Gasteiger partial charge in [0, 0.05) is 22.4 Å². The molecule has 8 heteroatoms. The molecule has 2 amide bonds. The van der Waals surface area contributed by atoms with Crippen LogP contribution in [0.3, 0.4) is 0 Å². The van der Waals surface area contributed by atoms with Gasteiger partial charge >= 0.3 is 0 Å². The van der Waals surface area contributed by atoms with Crippen molar-refractivity contribution in [2.24, 2.45) is 5.92 Å². The summed E-state index contributed by atoms with van der Waals surface area (Å²) in [6.07, 6.45) is 0.392. The molecule has 0 saturated heterocycles. The summed E-state index contributed by atoms with van der Waals surface area (Å²) in [6.45, 7) is 3.59. The average molecular weight is 473 g/mol. The number of nitrogens with zero attached hydrogens (tertiary/aromatic N) is 2. The van der Waals surface area contributed by atoms with Gasteiger partial charge < -0.3 is 5.32 Å². The summed E-state index contributed by atoms with van der Waals surface area (Å²) in [6, 6.07) is 16.6. The highest BCUT2D eigenvalue weighted by Crippen LogP contribution is 2.27. The lowest BCUT2D eigenvalue weighted by molar-refractivity contribution is -0.128. The minimum atomic E-state index is -0.702. The van der Waals surface area contributed by atoms with Gasteiger partial charge in [-0.25, -0.2) is 0 Å². The van der Waals surface area contributed by atoms with Crippen LogP contribution in [0, 0.1) is 5.92 Å². The fraction of sp³-hybridized carbons (Fsp3) is 0.238. The third-order valence-corrected chi connectivity index (χ3v) is 5.60. The maximum Gasteiger partial charge on any atom is 0.249 e. The van der Waals surface area contributed by atoms with Crippen molar-refractivity contribution in [2.75, 3.05) is 5.32 Å². The van der Waals surface area contributed by atoms with E-state index in [0.29, 0.717) is 16.6 Å². The van der Waals surface area contributed by atoms with E-state index in [1.165, 1.54) is 11.3 Å². The third kappa shape index (κ3) is 5.95. The summed E-state index contributed by atoms with van der Waals surface area (Å²) in [5.74, 6) is -0.707. The Balaban J connectivity index is 1.73. The molecular weight excluding hydrogens is 452 g/mol. The summed E-state index contributed by atoms with van der Waals surface area (Å²) < 4.78 is 0.976. The molecule has 2 N–H and O–H groups in total. The van der Waals surface area contributed by atoms with Crippen molar-refractivity contribution >= 4 is 44.2 Å². The van der Waals surface area contributed by atoms with Gasteiger partial charge in [0.15, 0.2) is 0 Å². The summed E-state index contributed by atoms with van der Waals surface area (Å²) in [5, 5.41) is 14.9. The number of anilines is 1. The molecule has 1 atom stereocenters.